The second kappa shape index (κ2) is 11.3. The van der Waals surface area contributed by atoms with E-state index in [1.54, 1.807) is 18.3 Å². The van der Waals surface area contributed by atoms with E-state index < -0.39 is 6.04 Å². The predicted molar refractivity (Wildman–Crippen MR) is 121 cm³/mol. The lowest BCUT2D eigenvalue weighted by Crippen LogP contribution is -2.51. The first-order valence-electron chi connectivity index (χ1n) is 9.98. The number of likely N-dealkylation sites (tertiary alicyclic amines) is 1. The molecule has 2 bridgehead atoms. The first kappa shape index (κ1) is 24.1. The number of fused-ring (bicyclic) bond motifs is 2. The molecule has 0 radical (unpaired) electrons. The zero-order valence-corrected chi connectivity index (χ0v) is 18.3. The zero-order chi connectivity index (χ0) is 19.3. The smallest absolute Gasteiger partial charge is 0.253 e. The number of carbonyl (C=O) groups is 2. The number of nitrogens with one attached hydrogen (secondary N) is 2. The number of amides is 2. The molecule has 162 valence electrons. The molecule has 2 amide bonds. The van der Waals surface area contributed by atoms with Gasteiger partial charge >= 0.3 is 0 Å². The van der Waals surface area contributed by atoms with Gasteiger partial charge in [0.1, 0.15) is 6.04 Å². The van der Waals surface area contributed by atoms with Gasteiger partial charge < -0.3 is 15.5 Å². The number of halogens is 2. The van der Waals surface area contributed by atoms with E-state index >= 15 is 0 Å². The molecule has 3 atom stereocenters. The Morgan fingerprint density at radius 1 is 1.07 bits per heavy atom. The summed E-state index contributed by atoms with van der Waals surface area (Å²) in [4.78, 5) is 32.0. The van der Waals surface area contributed by atoms with Gasteiger partial charge in [0, 0.05) is 44.0 Å². The summed E-state index contributed by atoms with van der Waals surface area (Å²) in [6.45, 7) is 1.45. The van der Waals surface area contributed by atoms with E-state index in [9.17, 15) is 9.59 Å². The third-order valence-electron chi connectivity index (χ3n) is 5.64. The average molecular weight is 451 g/mol. The number of carbonyl (C=O) groups excluding carboxylic acids is 2. The van der Waals surface area contributed by atoms with Crippen LogP contribution in [0.3, 0.4) is 0 Å². The number of hydrogen-bond donors (Lipinski definition) is 2. The summed E-state index contributed by atoms with van der Waals surface area (Å²) in [5.74, 6) is -0.271. The number of nitrogens with zero attached hydrogens (tertiary/aromatic N) is 2. The maximum absolute atomic E-state index is 13.4. The summed E-state index contributed by atoms with van der Waals surface area (Å²) in [5.41, 5.74) is 1.49. The summed E-state index contributed by atoms with van der Waals surface area (Å²) in [5, 5.41) is 6.56. The van der Waals surface area contributed by atoms with Crippen LogP contribution in [0.15, 0.2) is 54.9 Å². The van der Waals surface area contributed by atoms with E-state index in [1.165, 1.54) is 12.6 Å². The molecule has 8 heteroatoms. The maximum atomic E-state index is 13.4. The second-order valence-electron chi connectivity index (χ2n) is 7.67. The van der Waals surface area contributed by atoms with Crippen molar-refractivity contribution < 1.29 is 9.59 Å². The molecule has 0 saturated carbocycles. The van der Waals surface area contributed by atoms with Crippen LogP contribution in [0.1, 0.15) is 35.2 Å². The fraction of sp³-hybridized carbons (Fsp3) is 0.409. The Morgan fingerprint density at radius 3 is 2.57 bits per heavy atom. The van der Waals surface area contributed by atoms with Gasteiger partial charge in [-0.3, -0.25) is 14.6 Å². The van der Waals surface area contributed by atoms with Crippen LogP contribution < -0.4 is 10.6 Å². The molecule has 2 N–H and O–H groups in total. The number of rotatable bonds is 5. The van der Waals surface area contributed by atoms with Gasteiger partial charge in [0.25, 0.3) is 5.91 Å². The Labute approximate surface area is 189 Å². The molecule has 3 heterocycles. The molecular formula is C22H28Cl2N4O2. The largest absolute Gasteiger partial charge is 0.340 e. The highest BCUT2D eigenvalue weighted by Gasteiger charge is 2.34. The highest BCUT2D eigenvalue weighted by Crippen LogP contribution is 2.21. The Morgan fingerprint density at radius 2 is 1.83 bits per heavy atom. The lowest BCUT2D eigenvalue weighted by atomic mass is 10.0. The lowest BCUT2D eigenvalue weighted by Gasteiger charge is -2.29. The van der Waals surface area contributed by atoms with Crippen LogP contribution in [-0.4, -0.2) is 52.9 Å². The van der Waals surface area contributed by atoms with Crippen molar-refractivity contribution in [3.8, 4) is 0 Å². The topological polar surface area (TPSA) is 74.3 Å². The van der Waals surface area contributed by atoms with Crippen molar-refractivity contribution in [2.45, 2.75) is 43.8 Å². The summed E-state index contributed by atoms with van der Waals surface area (Å²) in [6, 6.07) is 13.6. The van der Waals surface area contributed by atoms with Crippen LogP contribution in [0.2, 0.25) is 0 Å². The monoisotopic (exact) mass is 450 g/mol. The minimum absolute atomic E-state index is 0. The average Bonchev–Trinajstić information content (AvgIpc) is 3.07. The van der Waals surface area contributed by atoms with Gasteiger partial charge in [-0.15, -0.1) is 24.8 Å². The van der Waals surface area contributed by atoms with Crippen molar-refractivity contribution >= 4 is 36.6 Å². The first-order chi connectivity index (χ1) is 13.7. The van der Waals surface area contributed by atoms with Crippen molar-refractivity contribution in [2.75, 3.05) is 13.1 Å². The molecular weight excluding hydrogens is 423 g/mol. The normalized spacial score (nSPS) is 20.9. The van der Waals surface area contributed by atoms with E-state index in [0.717, 1.165) is 24.9 Å². The van der Waals surface area contributed by atoms with Gasteiger partial charge in [0.05, 0.1) is 5.56 Å². The predicted octanol–water partition coefficient (Wildman–Crippen LogP) is 2.62. The summed E-state index contributed by atoms with van der Waals surface area (Å²) in [7, 11) is 0. The quantitative estimate of drug-likeness (QED) is 0.733. The SMILES string of the molecule is Cl.Cl.O=C(NC(Cc1ccccc1)C(=O)N1CCC2CCC(C1)N2)c1cccnc1. The Kier molecular flexibility index (Phi) is 9.08. The second-order valence-corrected chi connectivity index (χ2v) is 7.67. The van der Waals surface area contributed by atoms with Gasteiger partial charge in [0.15, 0.2) is 0 Å². The molecule has 2 aliphatic heterocycles. The van der Waals surface area contributed by atoms with E-state index in [4.69, 9.17) is 0 Å². The molecule has 30 heavy (non-hydrogen) atoms. The maximum Gasteiger partial charge on any atom is 0.253 e. The molecule has 2 aliphatic rings. The summed E-state index contributed by atoms with van der Waals surface area (Å²) < 4.78 is 0. The van der Waals surface area contributed by atoms with E-state index in [-0.39, 0.29) is 36.6 Å². The summed E-state index contributed by atoms with van der Waals surface area (Å²) >= 11 is 0. The van der Waals surface area contributed by atoms with Crippen LogP contribution in [0.4, 0.5) is 0 Å². The van der Waals surface area contributed by atoms with Crippen LogP contribution in [0.5, 0.6) is 0 Å². The Balaban J connectivity index is 0.00000160. The number of aromatic nitrogens is 1. The first-order valence-corrected chi connectivity index (χ1v) is 9.98. The number of benzene rings is 1. The van der Waals surface area contributed by atoms with Crippen LogP contribution in [0.25, 0.3) is 0 Å². The van der Waals surface area contributed by atoms with Crippen molar-refractivity contribution in [3.05, 3.63) is 66.0 Å². The third-order valence-corrected chi connectivity index (χ3v) is 5.64. The number of pyridine rings is 1. The van der Waals surface area contributed by atoms with Crippen LogP contribution in [-0.2, 0) is 11.2 Å². The zero-order valence-electron chi connectivity index (χ0n) is 16.7. The third kappa shape index (κ3) is 5.94. The fourth-order valence-electron chi connectivity index (χ4n) is 4.15. The minimum Gasteiger partial charge on any atom is -0.340 e. The van der Waals surface area contributed by atoms with Gasteiger partial charge in [-0.05, 0) is 37.0 Å². The molecule has 3 unspecified atom stereocenters. The molecule has 1 aromatic carbocycles. The van der Waals surface area contributed by atoms with Gasteiger partial charge in [-0.2, -0.15) is 0 Å². The fourth-order valence-corrected chi connectivity index (χ4v) is 4.15. The molecule has 6 nitrogen and oxygen atoms in total. The molecule has 2 aromatic rings. The highest BCUT2D eigenvalue weighted by molar-refractivity contribution is 5.97. The molecule has 4 rings (SSSR count). The Bertz CT molecular complexity index is 822. The van der Waals surface area contributed by atoms with E-state index in [2.05, 4.69) is 15.6 Å². The van der Waals surface area contributed by atoms with Crippen molar-refractivity contribution in [1.82, 2.24) is 20.5 Å². The molecule has 2 saturated heterocycles. The lowest BCUT2D eigenvalue weighted by molar-refractivity contribution is -0.133. The van der Waals surface area contributed by atoms with Gasteiger partial charge in [-0.1, -0.05) is 30.3 Å². The molecule has 0 aliphatic carbocycles. The van der Waals surface area contributed by atoms with Crippen molar-refractivity contribution in [3.63, 3.8) is 0 Å². The van der Waals surface area contributed by atoms with Crippen LogP contribution in [0, 0.1) is 0 Å². The van der Waals surface area contributed by atoms with E-state index in [0.29, 0.717) is 30.6 Å². The molecule has 2 fully saturated rings. The van der Waals surface area contributed by atoms with Crippen molar-refractivity contribution in [2.24, 2.45) is 0 Å². The van der Waals surface area contributed by atoms with Gasteiger partial charge in [0.2, 0.25) is 5.91 Å². The van der Waals surface area contributed by atoms with Crippen LogP contribution >= 0.6 is 24.8 Å². The highest BCUT2D eigenvalue weighted by atomic mass is 35.5. The number of hydrogen-bond acceptors (Lipinski definition) is 4. The summed E-state index contributed by atoms with van der Waals surface area (Å²) in [6.07, 6.45) is 6.90. The minimum atomic E-state index is -0.591. The molecule has 0 spiro atoms. The van der Waals surface area contributed by atoms with E-state index in [1.807, 2.05) is 35.2 Å². The standard InChI is InChI=1S/C22H26N4O2.2ClH/c27-21(17-7-4-11-23-14-17)25-20(13-16-5-2-1-3-6-16)22(28)26-12-10-18-8-9-19(15-26)24-18;;/h1-7,11,14,18-20,24H,8-10,12-13,15H2,(H,25,27);2*1H. The molecule has 1 aromatic heterocycles. The van der Waals surface area contributed by atoms with Crippen molar-refractivity contribution in [1.29, 1.82) is 0 Å². The van der Waals surface area contributed by atoms with Gasteiger partial charge in [-0.25, -0.2) is 0 Å². The Hall–Kier alpha value is -2.15.